The summed E-state index contributed by atoms with van der Waals surface area (Å²) in [5, 5.41) is 12.2. The molecule has 0 spiro atoms. The topological polar surface area (TPSA) is 54.6 Å². The van der Waals surface area contributed by atoms with E-state index in [9.17, 15) is 0 Å². The maximum atomic E-state index is 8.85. The van der Waals surface area contributed by atoms with E-state index in [1.807, 2.05) is 12.1 Å². The summed E-state index contributed by atoms with van der Waals surface area (Å²) in [6, 6.07) is 3.72. The van der Waals surface area contributed by atoms with Gasteiger partial charge in [-0.2, -0.15) is 0 Å². The van der Waals surface area contributed by atoms with Gasteiger partial charge in [-0.1, -0.05) is 0 Å². The van der Waals surface area contributed by atoms with Crippen molar-refractivity contribution in [1.29, 1.82) is 0 Å². The molecule has 1 fully saturated rings. The molecule has 1 saturated heterocycles. The molecule has 0 amide bonds. The van der Waals surface area contributed by atoms with Gasteiger partial charge in [-0.25, -0.2) is 0 Å². The number of aliphatic hydroxyl groups is 1. The van der Waals surface area contributed by atoms with Crippen molar-refractivity contribution in [3.05, 3.63) is 23.7 Å². The van der Waals surface area contributed by atoms with Gasteiger partial charge < -0.3 is 19.6 Å². The largest absolute Gasteiger partial charge is 0.462 e. The van der Waals surface area contributed by atoms with Gasteiger partial charge in [0.2, 0.25) is 0 Å². The summed E-state index contributed by atoms with van der Waals surface area (Å²) in [7, 11) is 0. The smallest absolute Gasteiger partial charge is 0.129 e. The monoisotopic (exact) mass is 225 g/mol. The molecule has 2 N–H and O–H groups in total. The molecule has 0 bridgehead atoms. The number of ether oxygens (including phenoxy) is 1. The molecule has 90 valence electrons. The van der Waals surface area contributed by atoms with Crippen LogP contribution in [0.1, 0.15) is 24.4 Å². The molecule has 0 aromatic carbocycles. The zero-order valence-corrected chi connectivity index (χ0v) is 9.45. The van der Waals surface area contributed by atoms with Crippen molar-refractivity contribution < 1.29 is 14.3 Å². The Morgan fingerprint density at radius 1 is 1.25 bits per heavy atom. The molecule has 2 heterocycles. The van der Waals surface area contributed by atoms with Gasteiger partial charge in [-0.15, -0.1) is 0 Å². The second-order valence-corrected chi connectivity index (χ2v) is 4.21. The Morgan fingerprint density at radius 2 is 2.00 bits per heavy atom. The van der Waals surface area contributed by atoms with Crippen LogP contribution in [0.5, 0.6) is 0 Å². The first kappa shape index (κ1) is 11.6. The zero-order chi connectivity index (χ0) is 11.2. The predicted octanol–water partition coefficient (Wildman–Crippen LogP) is 1.29. The number of aliphatic hydroxyl groups excluding tert-OH is 1. The maximum absolute atomic E-state index is 8.85. The lowest BCUT2D eigenvalue weighted by Crippen LogP contribution is -2.27. The molecule has 0 radical (unpaired) electrons. The van der Waals surface area contributed by atoms with Gasteiger partial charge in [0.25, 0.3) is 0 Å². The molecule has 1 aromatic heterocycles. The van der Waals surface area contributed by atoms with E-state index in [1.54, 1.807) is 0 Å². The Balaban J connectivity index is 1.66. The summed E-state index contributed by atoms with van der Waals surface area (Å²) in [6.45, 7) is 3.50. The van der Waals surface area contributed by atoms with Gasteiger partial charge in [0.15, 0.2) is 0 Å². The van der Waals surface area contributed by atoms with Gasteiger partial charge in [-0.05, 0) is 37.4 Å². The lowest BCUT2D eigenvalue weighted by Gasteiger charge is -2.21. The number of hydrogen-bond acceptors (Lipinski definition) is 4. The Bertz CT molecular complexity index is 305. The highest BCUT2D eigenvalue weighted by Crippen LogP contribution is 2.13. The third kappa shape index (κ3) is 3.33. The lowest BCUT2D eigenvalue weighted by molar-refractivity contribution is 0.0661. The Kier molecular flexibility index (Phi) is 4.39. The van der Waals surface area contributed by atoms with Crippen LogP contribution in [0, 0.1) is 5.92 Å². The van der Waals surface area contributed by atoms with Crippen LogP contribution in [-0.2, 0) is 17.9 Å². The van der Waals surface area contributed by atoms with Crippen molar-refractivity contribution in [3.63, 3.8) is 0 Å². The number of furan rings is 1. The highest BCUT2D eigenvalue weighted by molar-refractivity contribution is 5.05. The molecule has 4 heteroatoms. The van der Waals surface area contributed by atoms with E-state index < -0.39 is 0 Å². The normalized spacial score (nSPS) is 17.8. The molecule has 0 saturated carbocycles. The molecule has 0 unspecified atom stereocenters. The van der Waals surface area contributed by atoms with Crippen molar-refractivity contribution in [1.82, 2.24) is 5.32 Å². The first-order valence-electron chi connectivity index (χ1n) is 5.85. The summed E-state index contributed by atoms with van der Waals surface area (Å²) in [6.07, 6.45) is 2.29. The van der Waals surface area contributed by atoms with Crippen molar-refractivity contribution in [3.8, 4) is 0 Å². The van der Waals surface area contributed by atoms with E-state index >= 15 is 0 Å². The minimum absolute atomic E-state index is 0.0278. The molecule has 2 rings (SSSR count). The van der Waals surface area contributed by atoms with Crippen LogP contribution in [0.2, 0.25) is 0 Å². The summed E-state index contributed by atoms with van der Waals surface area (Å²) in [5.41, 5.74) is 0. The van der Waals surface area contributed by atoms with E-state index in [0.717, 1.165) is 50.8 Å². The van der Waals surface area contributed by atoms with Crippen LogP contribution < -0.4 is 5.32 Å². The van der Waals surface area contributed by atoms with E-state index in [1.165, 1.54) is 0 Å². The van der Waals surface area contributed by atoms with E-state index in [-0.39, 0.29) is 6.61 Å². The summed E-state index contributed by atoms with van der Waals surface area (Å²) in [4.78, 5) is 0. The molecule has 0 aliphatic carbocycles. The summed E-state index contributed by atoms with van der Waals surface area (Å²) < 4.78 is 10.7. The fraction of sp³-hybridized carbons (Fsp3) is 0.667. The highest BCUT2D eigenvalue weighted by atomic mass is 16.5. The summed E-state index contributed by atoms with van der Waals surface area (Å²) in [5.74, 6) is 2.24. The van der Waals surface area contributed by atoms with E-state index in [0.29, 0.717) is 5.76 Å². The van der Waals surface area contributed by atoms with Gasteiger partial charge in [0.05, 0.1) is 6.54 Å². The molecular weight excluding hydrogens is 206 g/mol. The molecule has 1 aromatic rings. The molecule has 1 aliphatic heterocycles. The minimum Gasteiger partial charge on any atom is -0.462 e. The molecule has 1 aliphatic rings. The second-order valence-electron chi connectivity index (χ2n) is 4.21. The highest BCUT2D eigenvalue weighted by Gasteiger charge is 2.13. The standard InChI is InChI=1S/C12H19NO3/c14-9-12-2-1-11(16-12)8-13-7-10-3-5-15-6-4-10/h1-2,10,13-14H,3-9H2. The molecule has 0 atom stereocenters. The van der Waals surface area contributed by atoms with Crippen LogP contribution >= 0.6 is 0 Å². The number of nitrogens with one attached hydrogen (secondary N) is 1. The average molecular weight is 225 g/mol. The third-order valence-corrected chi connectivity index (χ3v) is 2.95. The molecule has 16 heavy (non-hydrogen) atoms. The van der Waals surface area contributed by atoms with E-state index in [4.69, 9.17) is 14.3 Å². The Morgan fingerprint density at radius 3 is 2.69 bits per heavy atom. The third-order valence-electron chi connectivity index (χ3n) is 2.95. The number of rotatable bonds is 5. The minimum atomic E-state index is -0.0278. The lowest BCUT2D eigenvalue weighted by atomic mass is 10.0. The van der Waals surface area contributed by atoms with Gasteiger partial charge >= 0.3 is 0 Å². The Labute approximate surface area is 95.6 Å². The van der Waals surface area contributed by atoms with Gasteiger partial charge in [0.1, 0.15) is 18.1 Å². The van der Waals surface area contributed by atoms with Crippen LogP contribution in [0.4, 0.5) is 0 Å². The predicted molar refractivity (Wildman–Crippen MR) is 59.9 cm³/mol. The fourth-order valence-electron chi connectivity index (χ4n) is 1.95. The van der Waals surface area contributed by atoms with Crippen LogP contribution in [0.25, 0.3) is 0 Å². The summed E-state index contributed by atoms with van der Waals surface area (Å²) >= 11 is 0. The van der Waals surface area contributed by atoms with Crippen molar-refractivity contribution in [2.24, 2.45) is 5.92 Å². The average Bonchev–Trinajstić information content (AvgIpc) is 2.78. The maximum Gasteiger partial charge on any atom is 0.129 e. The molecular formula is C12H19NO3. The first-order valence-corrected chi connectivity index (χ1v) is 5.85. The first-order chi connectivity index (χ1) is 7.88. The van der Waals surface area contributed by atoms with Crippen LogP contribution in [0.3, 0.4) is 0 Å². The number of hydrogen-bond donors (Lipinski definition) is 2. The molecule has 4 nitrogen and oxygen atoms in total. The van der Waals surface area contributed by atoms with Crippen molar-refractivity contribution >= 4 is 0 Å². The zero-order valence-electron chi connectivity index (χ0n) is 9.45. The van der Waals surface area contributed by atoms with Gasteiger partial charge in [-0.3, -0.25) is 0 Å². The van der Waals surface area contributed by atoms with Gasteiger partial charge in [0, 0.05) is 13.2 Å². The van der Waals surface area contributed by atoms with Crippen molar-refractivity contribution in [2.45, 2.75) is 26.0 Å². The van der Waals surface area contributed by atoms with Crippen LogP contribution in [-0.4, -0.2) is 24.9 Å². The van der Waals surface area contributed by atoms with E-state index in [2.05, 4.69) is 5.32 Å². The fourth-order valence-corrected chi connectivity index (χ4v) is 1.95. The second kappa shape index (κ2) is 6.03. The van der Waals surface area contributed by atoms with Crippen molar-refractivity contribution in [2.75, 3.05) is 19.8 Å². The quantitative estimate of drug-likeness (QED) is 0.792. The van der Waals surface area contributed by atoms with Crippen LogP contribution in [0.15, 0.2) is 16.5 Å². The Hall–Kier alpha value is -0.840. The SMILES string of the molecule is OCc1ccc(CNCC2CCOCC2)o1.